The first-order chi connectivity index (χ1) is 40.7. The molecule has 84 heavy (non-hydrogen) atoms. The fraction of sp³-hybridized carbons (Fsp3) is 0.367. The Morgan fingerprint density at radius 3 is 1.69 bits per heavy atom. The fourth-order valence-electron chi connectivity index (χ4n) is 10.3. The number of fused-ring (bicyclic) bond motifs is 4. The van der Waals surface area contributed by atoms with Crippen LogP contribution in [0.1, 0.15) is 57.8 Å². The zero-order valence-corrected chi connectivity index (χ0v) is 48.8. The molecule has 0 aliphatic carbocycles. The van der Waals surface area contributed by atoms with Gasteiger partial charge in [0.15, 0.2) is 11.3 Å². The number of aromatic nitrogens is 12. The number of hydrogen-bond acceptors (Lipinski definition) is 15. The maximum absolute atomic E-state index is 14.4. The SMILES string of the molecule is CC(NC(=O)c1c[nH]c2ncc(-c3nn(CCN4CCOCC4)c4cc(F)ccc34)nc12)c1ccncc1.CC(NC(=O)c1cn(COCC[Si](C)(C)C)c2ncc(-c3nn(CCN4CCOCC4)c4cc(F)ccc34)nc12)c1ccncc1. The van der Waals surface area contributed by atoms with Crippen LogP contribution in [0.25, 0.3) is 66.9 Å². The number of carbonyl (C=O) groups is 2. The maximum atomic E-state index is 14.4. The van der Waals surface area contributed by atoms with Crippen LogP contribution >= 0.6 is 0 Å². The Hall–Kier alpha value is -8.26. The Labute approximate surface area is 484 Å². The molecule has 2 atom stereocenters. The highest BCUT2D eigenvalue weighted by Gasteiger charge is 2.25. The number of morpholine rings is 2. The average Bonchev–Trinajstić information content (AvgIpc) is 3.00. The fourth-order valence-corrected chi connectivity index (χ4v) is 11.1. The molecule has 0 radical (unpaired) electrons. The molecule has 0 bridgehead atoms. The van der Waals surface area contributed by atoms with Crippen molar-refractivity contribution in [3.05, 3.63) is 144 Å². The second-order valence-corrected chi connectivity index (χ2v) is 27.9. The summed E-state index contributed by atoms with van der Waals surface area (Å²) in [6.45, 7) is 20.6. The van der Waals surface area contributed by atoms with Crippen LogP contribution in [0, 0.1) is 11.6 Å². The molecule has 436 valence electrons. The van der Waals surface area contributed by atoms with Crippen LogP contribution in [0.4, 0.5) is 8.78 Å². The van der Waals surface area contributed by atoms with Crippen molar-refractivity contribution in [3.8, 4) is 22.8 Å². The lowest BCUT2D eigenvalue weighted by Gasteiger charge is -2.26. The summed E-state index contributed by atoms with van der Waals surface area (Å²) < 4.78 is 51.1. The van der Waals surface area contributed by atoms with Crippen molar-refractivity contribution in [2.45, 2.75) is 71.4 Å². The minimum atomic E-state index is -1.27. The van der Waals surface area contributed by atoms with E-state index in [2.05, 4.69) is 60.0 Å². The molecule has 2 aliphatic heterocycles. The van der Waals surface area contributed by atoms with E-state index < -0.39 is 8.07 Å². The topological polar surface area (TPSA) is 226 Å². The Morgan fingerprint density at radius 2 is 1.17 bits per heavy atom. The predicted octanol–water partition coefficient (Wildman–Crippen LogP) is 8.45. The van der Waals surface area contributed by atoms with Crippen LogP contribution in [-0.2, 0) is 34.0 Å². The molecule has 10 heterocycles. The number of nitrogens with one attached hydrogen (secondary N) is 3. The number of H-pyrrole nitrogens is 1. The van der Waals surface area contributed by atoms with Gasteiger partial charge in [-0.2, -0.15) is 10.2 Å². The van der Waals surface area contributed by atoms with E-state index in [-0.39, 0.29) is 42.3 Å². The number of rotatable bonds is 19. The Bertz CT molecular complexity index is 3910. The molecule has 21 nitrogen and oxygen atoms in total. The first kappa shape index (κ1) is 57.5. The number of nitrogens with zero attached hydrogens (tertiary/aromatic N) is 13. The van der Waals surface area contributed by atoms with E-state index in [1.807, 2.05) is 52.0 Å². The lowest BCUT2D eigenvalue weighted by molar-refractivity contribution is 0.0361. The highest BCUT2D eigenvalue weighted by molar-refractivity contribution is 6.76. The van der Waals surface area contributed by atoms with Gasteiger partial charge in [0.25, 0.3) is 11.8 Å². The van der Waals surface area contributed by atoms with Crippen molar-refractivity contribution >= 4 is 64.0 Å². The molecule has 8 aromatic heterocycles. The highest BCUT2D eigenvalue weighted by atomic mass is 28.3. The van der Waals surface area contributed by atoms with Gasteiger partial charge >= 0.3 is 0 Å². The van der Waals surface area contributed by atoms with Gasteiger partial charge in [0.2, 0.25) is 0 Å². The largest absolute Gasteiger partial charge is 0.379 e. The van der Waals surface area contributed by atoms with Gasteiger partial charge in [0.1, 0.15) is 52.2 Å². The molecule has 0 saturated carbocycles. The van der Waals surface area contributed by atoms with E-state index in [9.17, 15) is 18.4 Å². The standard InChI is InChI=1S/C33H41FN8O3Si.C27H27FN8O2/c1-23(24-7-9-35-10-8-24)37-33(43)27-21-41(22-45-17-18-46(2,3)4)32-31(27)38-28(20-36-32)30-26-6-5-25(34)19-29(26)42(39-30)12-11-40-13-15-44-16-14-40;1-17(18-4-6-29-7-5-18)32-27(37)21-15-30-26-25(21)33-22(16-31-26)24-20-3-2-19(28)14-23(20)36(34-24)9-8-35-10-12-38-13-11-35/h5-10,19-21,23H,11-18,22H2,1-4H3,(H,37,43);2-7,14-17H,8-13H2,1H3,(H,30,31)(H,32,37). The molecule has 10 aromatic rings. The van der Waals surface area contributed by atoms with E-state index in [0.717, 1.165) is 67.2 Å². The third kappa shape index (κ3) is 13.4. The molecule has 12 rings (SSSR count). The van der Waals surface area contributed by atoms with Gasteiger partial charge in [-0.3, -0.25) is 38.7 Å². The average molecular weight is 1160 g/mol. The number of halogens is 2. The van der Waals surface area contributed by atoms with E-state index >= 15 is 0 Å². The number of hydrogen-bond donors (Lipinski definition) is 3. The summed E-state index contributed by atoms with van der Waals surface area (Å²) in [5.41, 5.74) is 8.15. The molecule has 2 fully saturated rings. The summed E-state index contributed by atoms with van der Waals surface area (Å²) in [6.07, 6.45) is 13.4. The summed E-state index contributed by atoms with van der Waals surface area (Å²) in [5, 5.41) is 17.4. The smallest absolute Gasteiger partial charge is 0.255 e. The Balaban J connectivity index is 0.000000178. The van der Waals surface area contributed by atoms with Crippen molar-refractivity contribution in [3.63, 3.8) is 0 Å². The van der Waals surface area contributed by atoms with E-state index in [1.54, 1.807) is 61.7 Å². The molecule has 3 N–H and O–H groups in total. The monoisotopic (exact) mass is 1160 g/mol. The number of ether oxygens (including phenoxy) is 3. The summed E-state index contributed by atoms with van der Waals surface area (Å²) in [6, 6.07) is 17.3. The second kappa shape index (κ2) is 25.7. The Morgan fingerprint density at radius 1 is 0.667 bits per heavy atom. The summed E-state index contributed by atoms with van der Waals surface area (Å²) in [7, 11) is -1.27. The van der Waals surface area contributed by atoms with Crippen LogP contribution in [0.3, 0.4) is 0 Å². The molecule has 24 heteroatoms. The molecular weight excluding hydrogens is 1090 g/mol. The number of carbonyl (C=O) groups excluding carboxylic acids is 2. The predicted molar refractivity (Wildman–Crippen MR) is 318 cm³/mol. The minimum absolute atomic E-state index is 0.215. The molecule has 2 amide bonds. The summed E-state index contributed by atoms with van der Waals surface area (Å²) in [4.78, 5) is 61.7. The van der Waals surface area contributed by atoms with Gasteiger partial charge < -0.3 is 34.4 Å². The maximum Gasteiger partial charge on any atom is 0.255 e. The lowest BCUT2D eigenvalue weighted by Crippen LogP contribution is -2.38. The first-order valence-electron chi connectivity index (χ1n) is 28.4. The van der Waals surface area contributed by atoms with Crippen LogP contribution in [-0.4, -0.2) is 161 Å². The summed E-state index contributed by atoms with van der Waals surface area (Å²) >= 11 is 0. The molecule has 2 unspecified atom stereocenters. The van der Waals surface area contributed by atoms with Crippen molar-refractivity contribution in [1.82, 2.24) is 79.4 Å². The van der Waals surface area contributed by atoms with Crippen LogP contribution in [0.2, 0.25) is 25.7 Å². The van der Waals surface area contributed by atoms with Crippen molar-refractivity contribution in [2.24, 2.45) is 0 Å². The normalized spacial score (nSPS) is 15.1. The molecule has 2 aromatic carbocycles. The van der Waals surface area contributed by atoms with Gasteiger partial charge in [0.05, 0.1) is 86.2 Å². The van der Waals surface area contributed by atoms with E-state index in [4.69, 9.17) is 39.4 Å². The van der Waals surface area contributed by atoms with Crippen molar-refractivity contribution in [1.29, 1.82) is 0 Å². The number of aromatic amines is 1. The van der Waals surface area contributed by atoms with Crippen LogP contribution < -0.4 is 10.6 Å². The van der Waals surface area contributed by atoms with E-state index in [1.165, 1.54) is 24.3 Å². The van der Waals surface area contributed by atoms with Gasteiger partial charge in [0, 0.05) is 102 Å². The van der Waals surface area contributed by atoms with Gasteiger partial charge in [-0.15, -0.1) is 0 Å². The lowest BCUT2D eigenvalue weighted by atomic mass is 10.1. The molecule has 2 saturated heterocycles. The molecular formula is C60H68F2N16O5Si. The number of amides is 2. The molecule has 2 aliphatic rings. The zero-order valence-electron chi connectivity index (χ0n) is 47.8. The number of pyridine rings is 2. The Kier molecular flexibility index (Phi) is 17.6. The van der Waals surface area contributed by atoms with E-state index in [0.29, 0.717) is 113 Å². The summed E-state index contributed by atoms with van der Waals surface area (Å²) in [5.74, 6) is -1.20. The third-order valence-corrected chi connectivity index (χ3v) is 16.8. The first-order valence-corrected chi connectivity index (χ1v) is 32.1. The van der Waals surface area contributed by atoms with Crippen molar-refractivity contribution < 1.29 is 32.6 Å². The zero-order chi connectivity index (χ0) is 58.3. The van der Waals surface area contributed by atoms with Gasteiger partial charge in [-0.1, -0.05) is 19.6 Å². The quantitative estimate of drug-likeness (QED) is 0.0510. The highest BCUT2D eigenvalue weighted by Crippen LogP contribution is 2.32. The minimum Gasteiger partial charge on any atom is -0.379 e. The van der Waals surface area contributed by atoms with Gasteiger partial charge in [-0.05, 0) is 91.7 Å². The van der Waals surface area contributed by atoms with Gasteiger partial charge in [-0.25, -0.2) is 28.7 Å². The molecule has 0 spiro atoms. The van der Waals surface area contributed by atoms with Crippen LogP contribution in [0.15, 0.2) is 110 Å². The second-order valence-electron chi connectivity index (χ2n) is 22.3. The van der Waals surface area contributed by atoms with Crippen molar-refractivity contribution in [2.75, 3.05) is 72.3 Å². The third-order valence-electron chi connectivity index (χ3n) is 15.1. The van der Waals surface area contributed by atoms with Crippen LogP contribution in [0.5, 0.6) is 0 Å². The number of benzene rings is 2.